The number of esters is 1. The van der Waals surface area contributed by atoms with Gasteiger partial charge in [-0.1, -0.05) is 59.3 Å². The average molecular weight is 419 g/mol. The predicted molar refractivity (Wildman–Crippen MR) is 116 cm³/mol. The maximum Gasteiger partial charge on any atom is 0.303 e. The Morgan fingerprint density at radius 3 is 2.07 bits per heavy atom. The molecule has 0 aromatic rings. The van der Waals surface area contributed by atoms with Gasteiger partial charge in [0.15, 0.2) is 5.44 Å². The van der Waals surface area contributed by atoms with Crippen molar-refractivity contribution in [2.45, 2.75) is 108 Å². The van der Waals surface area contributed by atoms with Gasteiger partial charge >= 0.3 is 5.97 Å². The van der Waals surface area contributed by atoms with Crippen molar-refractivity contribution in [3.8, 4) is 0 Å². The van der Waals surface area contributed by atoms with E-state index in [1.54, 1.807) is 11.8 Å². The van der Waals surface area contributed by atoms with Crippen molar-refractivity contribution in [2.24, 2.45) is 0 Å². The van der Waals surface area contributed by atoms with Gasteiger partial charge in [0.1, 0.15) is 12.2 Å². The van der Waals surface area contributed by atoms with Gasteiger partial charge < -0.3 is 18.9 Å². The molecule has 28 heavy (non-hydrogen) atoms. The summed E-state index contributed by atoms with van der Waals surface area (Å²) in [5.74, 6) is -0.270. The van der Waals surface area contributed by atoms with Gasteiger partial charge in [-0.25, -0.2) is 0 Å². The van der Waals surface area contributed by atoms with Crippen LogP contribution in [0.25, 0.3) is 0 Å². The van der Waals surface area contributed by atoms with Crippen molar-refractivity contribution in [3.05, 3.63) is 0 Å². The second-order valence-electron chi connectivity index (χ2n) is 7.52. The number of hydrogen-bond acceptors (Lipinski definition) is 6. The molecule has 0 spiro atoms. The Hall–Kier alpha value is -0.300. The van der Waals surface area contributed by atoms with E-state index in [0.717, 1.165) is 38.7 Å². The zero-order valence-electron chi connectivity index (χ0n) is 18.5. The molecule has 0 aromatic heterocycles. The lowest BCUT2D eigenvalue weighted by Gasteiger charge is -2.26. The molecule has 1 saturated heterocycles. The maximum atomic E-state index is 11.6. The molecule has 0 radical (unpaired) electrons. The molecular formula is C22H42O5S. The van der Waals surface area contributed by atoms with E-state index in [9.17, 15) is 4.79 Å². The molecule has 1 aliphatic rings. The molecule has 0 aromatic carbocycles. The smallest absolute Gasteiger partial charge is 0.303 e. The number of carbonyl (C=O) groups is 1. The predicted octanol–water partition coefficient (Wildman–Crippen LogP) is 5.35. The van der Waals surface area contributed by atoms with Crippen LogP contribution in [0.3, 0.4) is 0 Å². The SMILES string of the molecule is CCCCCCCO[C@H]1C(OC(C)=O)S[C@H](COCCCC)[C@@H]1OCCCC. The van der Waals surface area contributed by atoms with Crippen LogP contribution in [0.1, 0.15) is 85.5 Å². The molecule has 0 bridgehead atoms. The highest BCUT2D eigenvalue weighted by molar-refractivity contribution is 8.00. The lowest BCUT2D eigenvalue weighted by atomic mass is 10.1. The lowest BCUT2D eigenvalue weighted by molar-refractivity contribution is -0.153. The molecule has 0 aliphatic carbocycles. The molecule has 4 atom stereocenters. The molecule has 0 amide bonds. The van der Waals surface area contributed by atoms with E-state index < -0.39 is 0 Å². The minimum atomic E-state index is -0.320. The first-order chi connectivity index (χ1) is 13.6. The van der Waals surface area contributed by atoms with Crippen LogP contribution in [0.2, 0.25) is 0 Å². The summed E-state index contributed by atoms with van der Waals surface area (Å²) in [6.07, 6.45) is 9.94. The van der Waals surface area contributed by atoms with E-state index in [1.807, 2.05) is 0 Å². The van der Waals surface area contributed by atoms with Crippen molar-refractivity contribution in [3.63, 3.8) is 0 Å². The number of rotatable bonds is 17. The second kappa shape index (κ2) is 16.5. The number of hydrogen-bond donors (Lipinski definition) is 0. The summed E-state index contributed by atoms with van der Waals surface area (Å²) in [6, 6.07) is 0. The van der Waals surface area contributed by atoms with Gasteiger partial charge in [0.2, 0.25) is 0 Å². The van der Waals surface area contributed by atoms with Crippen molar-refractivity contribution >= 4 is 17.7 Å². The molecular weight excluding hydrogens is 376 g/mol. The van der Waals surface area contributed by atoms with Crippen LogP contribution in [0.5, 0.6) is 0 Å². The number of unbranched alkanes of at least 4 members (excludes halogenated alkanes) is 6. The van der Waals surface area contributed by atoms with Crippen LogP contribution in [0, 0.1) is 0 Å². The Labute approximate surface area is 176 Å². The highest BCUT2D eigenvalue weighted by atomic mass is 32.2. The van der Waals surface area contributed by atoms with Crippen molar-refractivity contribution in [2.75, 3.05) is 26.4 Å². The average Bonchev–Trinajstić information content (AvgIpc) is 2.98. The normalized spacial score (nSPS) is 24.6. The maximum absolute atomic E-state index is 11.6. The Balaban J connectivity index is 2.65. The summed E-state index contributed by atoms with van der Waals surface area (Å²) in [6.45, 7) is 10.7. The van der Waals surface area contributed by atoms with Crippen LogP contribution < -0.4 is 0 Å². The number of thioether (sulfide) groups is 1. The Morgan fingerprint density at radius 1 is 0.786 bits per heavy atom. The Bertz CT molecular complexity index is 393. The van der Waals surface area contributed by atoms with Gasteiger partial charge in [0, 0.05) is 26.7 Å². The van der Waals surface area contributed by atoms with Gasteiger partial charge in [-0.2, -0.15) is 0 Å². The molecule has 1 aliphatic heterocycles. The minimum absolute atomic E-state index is 0.0989. The summed E-state index contributed by atoms with van der Waals surface area (Å²) in [7, 11) is 0. The van der Waals surface area contributed by atoms with Crippen LogP contribution in [-0.2, 0) is 23.7 Å². The Morgan fingerprint density at radius 2 is 1.39 bits per heavy atom. The molecule has 1 heterocycles. The third kappa shape index (κ3) is 10.5. The molecule has 1 unspecified atom stereocenters. The fourth-order valence-electron chi connectivity index (χ4n) is 3.20. The summed E-state index contributed by atoms with van der Waals surface area (Å²) < 4.78 is 23.9. The van der Waals surface area contributed by atoms with Crippen LogP contribution in [0.4, 0.5) is 0 Å². The largest absolute Gasteiger partial charge is 0.449 e. The summed E-state index contributed by atoms with van der Waals surface area (Å²) >= 11 is 1.63. The number of carbonyl (C=O) groups excluding carboxylic acids is 1. The monoisotopic (exact) mass is 418 g/mol. The molecule has 6 heteroatoms. The van der Waals surface area contributed by atoms with E-state index >= 15 is 0 Å². The van der Waals surface area contributed by atoms with E-state index in [1.165, 1.54) is 32.6 Å². The quantitative estimate of drug-likeness (QED) is 0.234. The first-order valence-corrected chi connectivity index (χ1v) is 12.2. The summed E-state index contributed by atoms with van der Waals surface area (Å²) in [4.78, 5) is 11.6. The van der Waals surface area contributed by atoms with Gasteiger partial charge in [0.25, 0.3) is 0 Å². The topological polar surface area (TPSA) is 54.0 Å². The zero-order chi connectivity index (χ0) is 20.6. The van der Waals surface area contributed by atoms with Crippen molar-refractivity contribution in [1.82, 2.24) is 0 Å². The third-order valence-electron chi connectivity index (χ3n) is 4.84. The van der Waals surface area contributed by atoms with E-state index in [4.69, 9.17) is 18.9 Å². The Kier molecular flexibility index (Phi) is 15.2. The van der Waals surface area contributed by atoms with Gasteiger partial charge in [0.05, 0.1) is 11.9 Å². The first kappa shape index (κ1) is 25.7. The molecule has 0 saturated carbocycles. The molecule has 166 valence electrons. The highest BCUT2D eigenvalue weighted by Gasteiger charge is 2.47. The zero-order valence-corrected chi connectivity index (χ0v) is 19.3. The van der Waals surface area contributed by atoms with Crippen molar-refractivity contribution < 1.29 is 23.7 Å². The van der Waals surface area contributed by atoms with Gasteiger partial charge in [-0.05, 0) is 19.3 Å². The van der Waals surface area contributed by atoms with Crippen LogP contribution >= 0.6 is 11.8 Å². The second-order valence-corrected chi connectivity index (χ2v) is 8.86. The standard InChI is InChI=1S/C22H42O5S/c1-5-8-11-12-13-16-26-21-20(25-15-10-7-3)19(17-24-14-9-6-2)28-22(21)27-18(4)23/h19-22H,5-17H2,1-4H3/t19-,20+,21-,22?/m1/s1. The van der Waals surface area contributed by atoms with Crippen molar-refractivity contribution in [1.29, 1.82) is 0 Å². The highest BCUT2D eigenvalue weighted by Crippen LogP contribution is 2.39. The molecule has 1 rings (SSSR count). The van der Waals surface area contributed by atoms with Gasteiger partial charge in [-0.15, -0.1) is 11.8 Å². The lowest BCUT2D eigenvalue weighted by Crippen LogP contribution is -2.40. The van der Waals surface area contributed by atoms with E-state index in [2.05, 4.69) is 20.8 Å². The molecule has 5 nitrogen and oxygen atoms in total. The minimum Gasteiger partial charge on any atom is -0.449 e. The van der Waals surface area contributed by atoms with Crippen LogP contribution in [-0.4, -0.2) is 55.3 Å². The number of ether oxygens (including phenoxy) is 4. The van der Waals surface area contributed by atoms with E-state index in [-0.39, 0.29) is 28.9 Å². The van der Waals surface area contributed by atoms with Crippen LogP contribution in [0.15, 0.2) is 0 Å². The molecule has 0 N–H and O–H groups in total. The first-order valence-electron chi connectivity index (χ1n) is 11.3. The molecule has 1 fully saturated rings. The third-order valence-corrected chi connectivity index (χ3v) is 6.23. The summed E-state index contributed by atoms with van der Waals surface area (Å²) in [5, 5.41) is 0.128. The summed E-state index contributed by atoms with van der Waals surface area (Å²) in [5.41, 5.74) is -0.320. The van der Waals surface area contributed by atoms with Gasteiger partial charge in [-0.3, -0.25) is 4.79 Å². The van der Waals surface area contributed by atoms with E-state index in [0.29, 0.717) is 19.8 Å². The fourth-order valence-corrected chi connectivity index (χ4v) is 4.68. The fraction of sp³-hybridized carbons (Fsp3) is 0.955.